The Balaban J connectivity index is 2.61. The predicted molar refractivity (Wildman–Crippen MR) is 90.5 cm³/mol. The molecule has 1 aromatic rings. The van der Waals surface area contributed by atoms with Gasteiger partial charge in [0.2, 0.25) is 0 Å². The zero-order valence-electron chi connectivity index (χ0n) is 13.8. The second-order valence-corrected chi connectivity index (χ2v) is 7.74. The lowest BCUT2D eigenvalue weighted by Gasteiger charge is -2.38. The minimum Gasteiger partial charge on any atom is -0.495 e. The smallest absolute Gasteiger partial charge is 0.141 e. The van der Waals surface area contributed by atoms with E-state index in [1.807, 2.05) is 6.07 Å². The highest BCUT2D eigenvalue weighted by atomic mass is 35.5. The molecule has 1 aliphatic carbocycles. The van der Waals surface area contributed by atoms with Gasteiger partial charge in [-0.3, -0.25) is 0 Å². The van der Waals surface area contributed by atoms with E-state index in [4.69, 9.17) is 22.1 Å². The summed E-state index contributed by atoms with van der Waals surface area (Å²) in [6.07, 6.45) is 6.03. The van der Waals surface area contributed by atoms with Crippen LogP contribution in [0.5, 0.6) is 5.75 Å². The van der Waals surface area contributed by atoms with Crippen LogP contribution in [0.1, 0.15) is 64.0 Å². The standard InChI is InChI=1S/C18H28ClNO/c1-17(2,3)13-10-14(16(21-4)15(19)11-13)18(12-20)8-6-5-7-9-18/h10-11H,5-9,12,20H2,1-4H3. The first-order valence-corrected chi connectivity index (χ1v) is 8.30. The fourth-order valence-electron chi connectivity index (χ4n) is 3.44. The van der Waals surface area contributed by atoms with Crippen molar-refractivity contribution in [2.75, 3.05) is 13.7 Å². The normalized spacial score (nSPS) is 18.6. The van der Waals surface area contributed by atoms with Crippen molar-refractivity contribution < 1.29 is 4.74 Å². The molecule has 0 amide bonds. The maximum Gasteiger partial charge on any atom is 0.141 e. The second-order valence-electron chi connectivity index (χ2n) is 7.33. The van der Waals surface area contributed by atoms with E-state index >= 15 is 0 Å². The molecule has 1 aromatic carbocycles. The first-order valence-electron chi connectivity index (χ1n) is 7.92. The number of hydrogen-bond donors (Lipinski definition) is 1. The summed E-state index contributed by atoms with van der Waals surface area (Å²) in [6, 6.07) is 4.32. The van der Waals surface area contributed by atoms with Crippen LogP contribution in [0.2, 0.25) is 5.02 Å². The Labute approximate surface area is 134 Å². The number of benzene rings is 1. The number of rotatable bonds is 3. The molecule has 0 aromatic heterocycles. The molecule has 0 aliphatic heterocycles. The third kappa shape index (κ3) is 3.22. The Morgan fingerprint density at radius 1 is 1.19 bits per heavy atom. The summed E-state index contributed by atoms with van der Waals surface area (Å²) in [5.74, 6) is 0.817. The number of nitrogens with two attached hydrogens (primary N) is 1. The van der Waals surface area contributed by atoms with Crippen molar-refractivity contribution in [3.05, 3.63) is 28.3 Å². The van der Waals surface area contributed by atoms with Crippen LogP contribution in [-0.4, -0.2) is 13.7 Å². The Kier molecular flexibility index (Phi) is 4.89. The van der Waals surface area contributed by atoms with E-state index in [1.54, 1.807) is 7.11 Å². The van der Waals surface area contributed by atoms with Crippen LogP contribution in [0, 0.1) is 0 Å². The van der Waals surface area contributed by atoms with E-state index in [-0.39, 0.29) is 10.8 Å². The lowest BCUT2D eigenvalue weighted by molar-refractivity contribution is 0.287. The molecular formula is C18H28ClNO. The van der Waals surface area contributed by atoms with Crippen molar-refractivity contribution >= 4 is 11.6 Å². The monoisotopic (exact) mass is 309 g/mol. The van der Waals surface area contributed by atoms with Crippen molar-refractivity contribution in [3.63, 3.8) is 0 Å². The molecule has 3 heteroatoms. The molecule has 21 heavy (non-hydrogen) atoms. The van der Waals surface area contributed by atoms with Gasteiger partial charge in [-0.1, -0.05) is 57.7 Å². The van der Waals surface area contributed by atoms with Crippen molar-refractivity contribution in [1.82, 2.24) is 0 Å². The molecule has 0 atom stereocenters. The first-order chi connectivity index (χ1) is 9.84. The molecule has 2 nitrogen and oxygen atoms in total. The van der Waals surface area contributed by atoms with Crippen LogP contribution in [-0.2, 0) is 10.8 Å². The maximum atomic E-state index is 6.51. The van der Waals surface area contributed by atoms with Gasteiger partial charge in [-0.25, -0.2) is 0 Å². The van der Waals surface area contributed by atoms with Gasteiger partial charge in [0.15, 0.2) is 0 Å². The minimum absolute atomic E-state index is 0.0223. The Hall–Kier alpha value is -0.730. The number of hydrogen-bond acceptors (Lipinski definition) is 2. The van der Waals surface area contributed by atoms with Gasteiger partial charge in [-0.05, 0) is 29.9 Å². The average Bonchev–Trinajstić information content (AvgIpc) is 2.46. The first kappa shape index (κ1) is 16.6. The lowest BCUT2D eigenvalue weighted by Crippen LogP contribution is -2.37. The molecule has 1 saturated carbocycles. The predicted octanol–water partition coefficient (Wildman–Crippen LogP) is 4.81. The van der Waals surface area contributed by atoms with Crippen LogP contribution >= 0.6 is 11.6 Å². The largest absolute Gasteiger partial charge is 0.495 e. The molecule has 118 valence electrons. The Morgan fingerprint density at radius 3 is 2.29 bits per heavy atom. The van der Waals surface area contributed by atoms with E-state index in [9.17, 15) is 0 Å². The average molecular weight is 310 g/mol. The van der Waals surface area contributed by atoms with Gasteiger partial charge in [0.05, 0.1) is 12.1 Å². The summed E-state index contributed by atoms with van der Waals surface area (Å²) >= 11 is 6.51. The molecule has 0 spiro atoms. The zero-order valence-corrected chi connectivity index (χ0v) is 14.5. The molecule has 0 radical (unpaired) electrons. The molecule has 2 rings (SSSR count). The highest BCUT2D eigenvalue weighted by molar-refractivity contribution is 6.32. The molecular weight excluding hydrogens is 282 g/mol. The third-order valence-corrected chi connectivity index (χ3v) is 5.17. The molecule has 0 heterocycles. The van der Waals surface area contributed by atoms with Gasteiger partial charge in [0.25, 0.3) is 0 Å². The third-order valence-electron chi connectivity index (χ3n) is 4.89. The number of halogens is 1. The topological polar surface area (TPSA) is 35.2 Å². The van der Waals surface area contributed by atoms with E-state index in [0.29, 0.717) is 11.6 Å². The quantitative estimate of drug-likeness (QED) is 0.870. The van der Waals surface area contributed by atoms with Crippen molar-refractivity contribution in [1.29, 1.82) is 0 Å². The molecule has 1 fully saturated rings. The Bertz CT molecular complexity index is 499. The van der Waals surface area contributed by atoms with Gasteiger partial charge in [0, 0.05) is 17.5 Å². The fourth-order valence-corrected chi connectivity index (χ4v) is 3.74. The summed E-state index contributed by atoms with van der Waals surface area (Å²) < 4.78 is 5.64. The molecule has 0 saturated heterocycles. The summed E-state index contributed by atoms with van der Waals surface area (Å²) in [5, 5.41) is 0.707. The highest BCUT2D eigenvalue weighted by Gasteiger charge is 2.36. The van der Waals surface area contributed by atoms with Crippen LogP contribution in [0.3, 0.4) is 0 Å². The van der Waals surface area contributed by atoms with Crippen molar-refractivity contribution in [2.45, 2.75) is 63.7 Å². The van der Waals surface area contributed by atoms with E-state index in [2.05, 4.69) is 26.8 Å². The molecule has 1 aliphatic rings. The zero-order chi connectivity index (χ0) is 15.7. The SMILES string of the molecule is COc1c(Cl)cc(C(C)(C)C)cc1C1(CN)CCCCC1. The lowest BCUT2D eigenvalue weighted by atomic mass is 9.68. The molecule has 2 N–H and O–H groups in total. The van der Waals surface area contributed by atoms with Crippen LogP contribution in [0.15, 0.2) is 12.1 Å². The maximum absolute atomic E-state index is 6.51. The summed E-state index contributed by atoms with van der Waals surface area (Å²) in [5.41, 5.74) is 8.76. The Morgan fingerprint density at radius 2 is 1.81 bits per heavy atom. The van der Waals surface area contributed by atoms with Crippen LogP contribution in [0.25, 0.3) is 0 Å². The van der Waals surface area contributed by atoms with E-state index in [0.717, 1.165) is 18.6 Å². The second kappa shape index (κ2) is 6.18. The highest BCUT2D eigenvalue weighted by Crippen LogP contribution is 2.46. The van der Waals surface area contributed by atoms with Gasteiger partial charge < -0.3 is 10.5 Å². The van der Waals surface area contributed by atoms with Crippen LogP contribution in [0.4, 0.5) is 0 Å². The van der Waals surface area contributed by atoms with Gasteiger partial charge >= 0.3 is 0 Å². The van der Waals surface area contributed by atoms with E-state index < -0.39 is 0 Å². The van der Waals surface area contributed by atoms with Gasteiger partial charge in [-0.2, -0.15) is 0 Å². The fraction of sp³-hybridized carbons (Fsp3) is 0.667. The molecule has 0 unspecified atom stereocenters. The summed E-state index contributed by atoms with van der Waals surface area (Å²) in [6.45, 7) is 7.30. The van der Waals surface area contributed by atoms with E-state index in [1.165, 1.54) is 30.4 Å². The van der Waals surface area contributed by atoms with Crippen LogP contribution < -0.4 is 10.5 Å². The van der Waals surface area contributed by atoms with Gasteiger partial charge in [-0.15, -0.1) is 0 Å². The number of methoxy groups -OCH3 is 1. The molecule has 0 bridgehead atoms. The summed E-state index contributed by atoms with van der Waals surface area (Å²) in [4.78, 5) is 0. The number of ether oxygens (including phenoxy) is 1. The van der Waals surface area contributed by atoms with Crippen molar-refractivity contribution in [3.8, 4) is 5.75 Å². The van der Waals surface area contributed by atoms with Crippen molar-refractivity contribution in [2.24, 2.45) is 5.73 Å². The minimum atomic E-state index is 0.0223. The van der Waals surface area contributed by atoms with Gasteiger partial charge in [0.1, 0.15) is 5.75 Å². The summed E-state index contributed by atoms with van der Waals surface area (Å²) in [7, 11) is 1.70.